The maximum atomic E-state index is 11.6. The molecular formula is C13H21NOS. The van der Waals surface area contributed by atoms with Crippen molar-refractivity contribution in [2.45, 2.75) is 39.7 Å². The fourth-order valence-electron chi connectivity index (χ4n) is 1.66. The first-order chi connectivity index (χ1) is 7.58. The lowest BCUT2D eigenvalue weighted by Crippen LogP contribution is -2.30. The minimum absolute atomic E-state index is 0.316. The molecule has 0 amide bonds. The molecule has 16 heavy (non-hydrogen) atoms. The number of carbonyl (C=O) groups is 1. The van der Waals surface area contributed by atoms with Crippen LogP contribution in [0.1, 0.15) is 32.8 Å². The first-order valence-electron chi connectivity index (χ1n) is 5.84. The van der Waals surface area contributed by atoms with E-state index in [-0.39, 0.29) is 0 Å². The molecular weight excluding hydrogens is 218 g/mol. The van der Waals surface area contributed by atoms with Crippen molar-refractivity contribution in [1.82, 2.24) is 5.32 Å². The molecule has 0 aliphatic heterocycles. The van der Waals surface area contributed by atoms with Crippen LogP contribution in [-0.4, -0.2) is 18.4 Å². The van der Waals surface area contributed by atoms with Crippen molar-refractivity contribution in [3.63, 3.8) is 0 Å². The Kier molecular flexibility index (Phi) is 5.71. The van der Waals surface area contributed by atoms with Gasteiger partial charge in [0.15, 0.2) is 0 Å². The smallest absolute Gasteiger partial charge is 0.146 e. The minimum atomic E-state index is 0.316. The summed E-state index contributed by atoms with van der Waals surface area (Å²) in [6.45, 7) is 6.76. The Hall–Kier alpha value is -0.670. The number of thiophene rings is 1. The first kappa shape index (κ1) is 13.4. The van der Waals surface area contributed by atoms with E-state index in [0.29, 0.717) is 30.7 Å². The van der Waals surface area contributed by atoms with E-state index < -0.39 is 0 Å². The average Bonchev–Trinajstić information content (AvgIpc) is 2.67. The minimum Gasteiger partial charge on any atom is -0.308 e. The number of ketones is 1. The lowest BCUT2D eigenvalue weighted by molar-refractivity contribution is -0.119. The molecule has 0 bridgehead atoms. The van der Waals surface area contributed by atoms with Crippen LogP contribution in [0.3, 0.4) is 0 Å². The zero-order valence-electron chi connectivity index (χ0n) is 10.3. The van der Waals surface area contributed by atoms with E-state index in [1.807, 2.05) is 0 Å². The number of rotatable bonds is 7. The number of carbonyl (C=O) groups excluding carboxylic acids is 1. The van der Waals surface area contributed by atoms with Crippen LogP contribution in [0.4, 0.5) is 0 Å². The molecule has 0 saturated carbocycles. The van der Waals surface area contributed by atoms with Crippen molar-refractivity contribution in [3.8, 4) is 0 Å². The molecule has 3 heteroatoms. The maximum Gasteiger partial charge on any atom is 0.146 e. The Balaban J connectivity index is 2.23. The fourth-order valence-corrected chi connectivity index (χ4v) is 2.34. The van der Waals surface area contributed by atoms with Crippen molar-refractivity contribution in [3.05, 3.63) is 22.4 Å². The third-order valence-corrected chi connectivity index (χ3v) is 3.18. The molecule has 1 aromatic rings. The van der Waals surface area contributed by atoms with E-state index in [1.165, 1.54) is 5.56 Å². The lowest BCUT2D eigenvalue weighted by Gasteiger charge is -2.11. The van der Waals surface area contributed by atoms with Crippen LogP contribution in [0.25, 0.3) is 0 Å². The highest BCUT2D eigenvalue weighted by molar-refractivity contribution is 7.07. The van der Waals surface area contributed by atoms with Gasteiger partial charge in [-0.05, 0) is 34.7 Å². The predicted molar refractivity (Wildman–Crippen MR) is 69.9 cm³/mol. The van der Waals surface area contributed by atoms with Crippen molar-refractivity contribution < 1.29 is 4.79 Å². The first-order valence-corrected chi connectivity index (χ1v) is 6.78. The van der Waals surface area contributed by atoms with Crippen molar-refractivity contribution >= 4 is 17.1 Å². The van der Waals surface area contributed by atoms with Crippen LogP contribution < -0.4 is 5.32 Å². The molecule has 1 rings (SSSR count). The molecule has 0 radical (unpaired) electrons. The third-order valence-electron chi connectivity index (χ3n) is 2.45. The zero-order chi connectivity index (χ0) is 12.0. The Labute approximate surface area is 102 Å². The van der Waals surface area contributed by atoms with E-state index in [4.69, 9.17) is 0 Å². The van der Waals surface area contributed by atoms with Crippen LogP contribution >= 0.6 is 11.3 Å². The van der Waals surface area contributed by atoms with E-state index in [9.17, 15) is 4.79 Å². The number of nitrogens with one attached hydrogen (secondary N) is 1. The normalized spacial score (nSPS) is 13.0. The fraction of sp³-hybridized carbons (Fsp3) is 0.615. The van der Waals surface area contributed by atoms with Gasteiger partial charge >= 0.3 is 0 Å². The van der Waals surface area contributed by atoms with Crippen molar-refractivity contribution in [1.29, 1.82) is 0 Å². The predicted octanol–water partition coefficient (Wildman–Crippen LogP) is 2.88. The highest BCUT2D eigenvalue weighted by atomic mass is 32.1. The molecule has 2 nitrogen and oxygen atoms in total. The highest BCUT2D eigenvalue weighted by Gasteiger charge is 2.10. The molecule has 0 aliphatic rings. The molecule has 90 valence electrons. The Morgan fingerprint density at radius 2 is 2.19 bits per heavy atom. The van der Waals surface area contributed by atoms with Crippen molar-refractivity contribution in [2.75, 3.05) is 6.54 Å². The van der Waals surface area contributed by atoms with E-state index in [0.717, 1.165) is 6.42 Å². The lowest BCUT2D eigenvalue weighted by atomic mass is 9.97. The van der Waals surface area contributed by atoms with E-state index in [1.54, 1.807) is 11.3 Å². The van der Waals surface area contributed by atoms with Gasteiger partial charge in [0.25, 0.3) is 0 Å². The van der Waals surface area contributed by atoms with Crippen LogP contribution in [-0.2, 0) is 11.2 Å². The number of hydrogen-bond donors (Lipinski definition) is 1. The van der Waals surface area contributed by atoms with Gasteiger partial charge in [0.1, 0.15) is 5.78 Å². The SMILES string of the molecule is CC(CC(=O)CNC(C)C)Cc1ccsc1. The standard InChI is InChI=1S/C13H21NOS/c1-10(2)14-8-13(15)7-11(3)6-12-4-5-16-9-12/h4-5,9-11,14H,6-8H2,1-3H3. The summed E-state index contributed by atoms with van der Waals surface area (Å²) in [5.74, 6) is 0.757. The van der Waals surface area contributed by atoms with Gasteiger partial charge in [-0.1, -0.05) is 20.8 Å². The molecule has 1 atom stereocenters. The quantitative estimate of drug-likeness (QED) is 0.792. The monoisotopic (exact) mass is 239 g/mol. The largest absolute Gasteiger partial charge is 0.308 e. The van der Waals surface area contributed by atoms with Gasteiger partial charge in [-0.2, -0.15) is 11.3 Å². The second-order valence-electron chi connectivity index (χ2n) is 4.72. The van der Waals surface area contributed by atoms with Crippen LogP contribution in [0, 0.1) is 5.92 Å². The molecule has 1 unspecified atom stereocenters. The van der Waals surface area contributed by atoms with Gasteiger partial charge < -0.3 is 5.32 Å². The third kappa shape index (κ3) is 5.42. The van der Waals surface area contributed by atoms with Crippen LogP contribution in [0.15, 0.2) is 16.8 Å². The van der Waals surface area contributed by atoms with E-state index >= 15 is 0 Å². The van der Waals surface area contributed by atoms with Crippen molar-refractivity contribution in [2.24, 2.45) is 5.92 Å². The second kappa shape index (κ2) is 6.81. The molecule has 0 fully saturated rings. The number of Topliss-reactive ketones (excluding diaryl/α,β-unsaturated/α-hetero) is 1. The van der Waals surface area contributed by atoms with Gasteiger partial charge in [0, 0.05) is 12.5 Å². The molecule has 1 N–H and O–H groups in total. The van der Waals surface area contributed by atoms with E-state index in [2.05, 4.69) is 42.9 Å². The Morgan fingerprint density at radius 3 is 2.75 bits per heavy atom. The van der Waals surface area contributed by atoms with Gasteiger partial charge in [0.05, 0.1) is 6.54 Å². The summed E-state index contributed by atoms with van der Waals surface area (Å²) in [6, 6.07) is 2.52. The summed E-state index contributed by atoms with van der Waals surface area (Å²) in [4.78, 5) is 11.6. The van der Waals surface area contributed by atoms with Gasteiger partial charge in [-0.15, -0.1) is 0 Å². The summed E-state index contributed by atoms with van der Waals surface area (Å²) < 4.78 is 0. The topological polar surface area (TPSA) is 29.1 Å². The maximum absolute atomic E-state index is 11.6. The highest BCUT2D eigenvalue weighted by Crippen LogP contribution is 2.14. The molecule has 0 aromatic carbocycles. The van der Waals surface area contributed by atoms with Crippen LogP contribution in [0.5, 0.6) is 0 Å². The molecule has 0 saturated heterocycles. The Morgan fingerprint density at radius 1 is 1.44 bits per heavy atom. The average molecular weight is 239 g/mol. The van der Waals surface area contributed by atoms with Gasteiger partial charge in [-0.25, -0.2) is 0 Å². The summed E-state index contributed by atoms with van der Waals surface area (Å²) >= 11 is 1.72. The molecule has 0 aliphatic carbocycles. The summed E-state index contributed by atoms with van der Waals surface area (Å²) in [5.41, 5.74) is 1.35. The summed E-state index contributed by atoms with van der Waals surface area (Å²) in [7, 11) is 0. The molecule has 0 spiro atoms. The second-order valence-corrected chi connectivity index (χ2v) is 5.50. The number of hydrogen-bond acceptors (Lipinski definition) is 3. The molecule has 1 aromatic heterocycles. The summed E-state index contributed by atoms with van der Waals surface area (Å²) in [5, 5.41) is 7.41. The molecule has 1 heterocycles. The summed E-state index contributed by atoms with van der Waals surface area (Å²) in [6.07, 6.45) is 1.69. The van der Waals surface area contributed by atoms with Crippen LogP contribution in [0.2, 0.25) is 0 Å². The van der Waals surface area contributed by atoms with Gasteiger partial charge in [0.2, 0.25) is 0 Å². The Bertz CT molecular complexity index is 306. The zero-order valence-corrected chi connectivity index (χ0v) is 11.1. The van der Waals surface area contributed by atoms with Gasteiger partial charge in [-0.3, -0.25) is 4.79 Å².